The molecule has 0 spiro atoms. The molecule has 1 aromatic carbocycles. The minimum atomic E-state index is -4.52. The highest BCUT2D eigenvalue weighted by atomic mass is 31.2. The van der Waals surface area contributed by atoms with Gasteiger partial charge in [0.15, 0.2) is 5.75 Å². The molecule has 0 aliphatic carbocycles. The van der Waals surface area contributed by atoms with Crippen LogP contribution in [0.25, 0.3) is 0 Å². The van der Waals surface area contributed by atoms with Crippen LogP contribution in [0.15, 0.2) is 24.3 Å². The Morgan fingerprint density at radius 3 is 2.64 bits per heavy atom. The van der Waals surface area contributed by atoms with Gasteiger partial charge in [-0.3, -0.25) is 9.79 Å². The summed E-state index contributed by atoms with van der Waals surface area (Å²) < 4.78 is 15.0. The van der Waals surface area contributed by atoms with Gasteiger partial charge in [-0.05, 0) is 12.1 Å². The van der Waals surface area contributed by atoms with Crippen LogP contribution in [0.5, 0.6) is 5.75 Å². The lowest BCUT2D eigenvalue weighted by Crippen LogP contribution is -2.11. The van der Waals surface area contributed by atoms with Crippen LogP contribution in [0.3, 0.4) is 0 Å². The Labute approximate surface area is 80.9 Å². The summed E-state index contributed by atoms with van der Waals surface area (Å²) >= 11 is 0. The van der Waals surface area contributed by atoms with Crippen molar-refractivity contribution < 1.29 is 18.9 Å². The van der Waals surface area contributed by atoms with Crippen LogP contribution in [0.2, 0.25) is 0 Å². The smallest absolute Gasteiger partial charge is 0.402 e. The fraction of sp³-hybridized carbons (Fsp3) is 0.143. The molecule has 78 valence electrons. The summed E-state index contributed by atoms with van der Waals surface area (Å²) in [5.41, 5.74) is 5.68. The number of hydrogen-bond acceptors (Lipinski definition) is 4. The zero-order chi connectivity index (χ0) is 10.6. The van der Waals surface area contributed by atoms with Crippen LogP contribution in [0.1, 0.15) is 0 Å². The molecule has 0 amide bonds. The summed E-state index contributed by atoms with van der Waals surface area (Å²) in [5, 5.41) is 2.71. The van der Waals surface area contributed by atoms with Crippen molar-refractivity contribution in [2.24, 2.45) is 5.73 Å². The molecule has 0 bridgehead atoms. The first-order valence-corrected chi connectivity index (χ1v) is 5.34. The van der Waals surface area contributed by atoms with Crippen LogP contribution in [0.4, 0.5) is 5.69 Å². The van der Waals surface area contributed by atoms with E-state index < -0.39 is 7.82 Å². The Morgan fingerprint density at radius 2 is 2.07 bits per heavy atom. The standard InChI is InChI=1S/C7H11N2O4P/c8-5-9-6-3-1-2-4-7(6)13-14(10,11)12/h1-4,9H,5,8H2,(H2,10,11,12). The maximum Gasteiger partial charge on any atom is 0.524 e. The van der Waals surface area contributed by atoms with Gasteiger partial charge in [-0.25, -0.2) is 4.57 Å². The number of phosphoric acid groups is 1. The topological polar surface area (TPSA) is 105 Å². The Balaban J connectivity index is 2.90. The summed E-state index contributed by atoms with van der Waals surface area (Å²) in [6.07, 6.45) is 0. The molecule has 7 heteroatoms. The molecule has 1 aromatic rings. The fourth-order valence-electron chi connectivity index (χ4n) is 0.930. The van der Waals surface area contributed by atoms with Gasteiger partial charge in [-0.15, -0.1) is 0 Å². The molecule has 0 saturated carbocycles. The molecule has 0 heterocycles. The number of anilines is 1. The highest BCUT2D eigenvalue weighted by Gasteiger charge is 2.17. The molecule has 0 fully saturated rings. The molecular weight excluding hydrogens is 207 g/mol. The van der Waals surface area contributed by atoms with E-state index >= 15 is 0 Å². The summed E-state index contributed by atoms with van der Waals surface area (Å²) in [6.45, 7) is 0.154. The monoisotopic (exact) mass is 218 g/mol. The predicted octanol–water partition coefficient (Wildman–Crippen LogP) is 0.486. The Kier molecular flexibility index (Phi) is 3.49. The molecule has 0 unspecified atom stereocenters. The van der Waals surface area contributed by atoms with Gasteiger partial charge in [0.25, 0.3) is 0 Å². The average molecular weight is 218 g/mol. The lowest BCUT2D eigenvalue weighted by atomic mass is 10.3. The van der Waals surface area contributed by atoms with E-state index in [2.05, 4.69) is 9.84 Å². The third-order valence-electron chi connectivity index (χ3n) is 1.40. The SMILES string of the molecule is NCNc1ccccc1OP(=O)(O)O. The summed E-state index contributed by atoms with van der Waals surface area (Å²) in [6, 6.07) is 6.35. The lowest BCUT2D eigenvalue weighted by molar-refractivity contribution is 0.283. The first-order chi connectivity index (χ1) is 6.53. The second-order valence-corrected chi connectivity index (χ2v) is 3.62. The van der Waals surface area contributed by atoms with Gasteiger partial charge >= 0.3 is 7.82 Å². The molecule has 14 heavy (non-hydrogen) atoms. The maximum atomic E-state index is 10.6. The van der Waals surface area contributed by atoms with Gasteiger partial charge < -0.3 is 15.6 Å². The Hall–Kier alpha value is -1.07. The zero-order valence-electron chi connectivity index (χ0n) is 7.25. The number of phosphoric ester groups is 1. The van der Waals surface area contributed by atoms with Crippen LogP contribution in [0, 0.1) is 0 Å². The molecule has 0 aliphatic rings. The molecule has 0 saturated heterocycles. The van der Waals surface area contributed by atoms with Gasteiger partial charge in [0, 0.05) is 0 Å². The van der Waals surface area contributed by atoms with Crippen LogP contribution >= 0.6 is 7.82 Å². The summed E-state index contributed by atoms with van der Waals surface area (Å²) in [5.74, 6) is 0.0753. The highest BCUT2D eigenvalue weighted by molar-refractivity contribution is 7.46. The van der Waals surface area contributed by atoms with Crippen molar-refractivity contribution in [3.05, 3.63) is 24.3 Å². The minimum Gasteiger partial charge on any atom is -0.402 e. The molecule has 1 rings (SSSR count). The van der Waals surface area contributed by atoms with Crippen LogP contribution < -0.4 is 15.6 Å². The van der Waals surface area contributed by atoms with Crippen molar-refractivity contribution in [1.29, 1.82) is 0 Å². The summed E-state index contributed by atoms with van der Waals surface area (Å²) in [4.78, 5) is 17.2. The van der Waals surface area contributed by atoms with Gasteiger partial charge in [0.2, 0.25) is 0 Å². The van der Waals surface area contributed by atoms with Gasteiger partial charge in [0.05, 0.1) is 12.4 Å². The van der Waals surface area contributed by atoms with E-state index in [0.29, 0.717) is 5.69 Å². The van der Waals surface area contributed by atoms with E-state index in [4.69, 9.17) is 15.5 Å². The van der Waals surface area contributed by atoms with Gasteiger partial charge in [-0.2, -0.15) is 0 Å². The molecular formula is C7H11N2O4P. The highest BCUT2D eigenvalue weighted by Crippen LogP contribution is 2.40. The van der Waals surface area contributed by atoms with E-state index in [1.165, 1.54) is 6.07 Å². The van der Waals surface area contributed by atoms with E-state index in [0.717, 1.165) is 0 Å². The van der Waals surface area contributed by atoms with Crippen molar-refractivity contribution >= 4 is 13.5 Å². The molecule has 0 radical (unpaired) electrons. The number of rotatable bonds is 4. The number of benzene rings is 1. The fourth-order valence-corrected chi connectivity index (χ4v) is 1.35. The van der Waals surface area contributed by atoms with Crippen LogP contribution in [-0.2, 0) is 4.57 Å². The van der Waals surface area contributed by atoms with Gasteiger partial charge in [-0.1, -0.05) is 12.1 Å². The van der Waals surface area contributed by atoms with Crippen LogP contribution in [-0.4, -0.2) is 16.5 Å². The Bertz CT molecular complexity index is 351. The third-order valence-corrected chi connectivity index (χ3v) is 1.83. The maximum absolute atomic E-state index is 10.6. The van der Waals surface area contributed by atoms with E-state index in [-0.39, 0.29) is 12.4 Å². The molecule has 0 atom stereocenters. The van der Waals surface area contributed by atoms with Crippen molar-refractivity contribution in [2.75, 3.05) is 12.0 Å². The third kappa shape index (κ3) is 3.35. The zero-order valence-corrected chi connectivity index (χ0v) is 8.15. The van der Waals surface area contributed by atoms with Gasteiger partial charge in [0.1, 0.15) is 0 Å². The van der Waals surface area contributed by atoms with E-state index in [1.807, 2.05) is 0 Å². The van der Waals surface area contributed by atoms with Crippen molar-refractivity contribution in [2.45, 2.75) is 0 Å². The molecule has 5 N–H and O–H groups in total. The number of nitrogens with two attached hydrogens (primary N) is 1. The second kappa shape index (κ2) is 4.43. The Morgan fingerprint density at radius 1 is 1.43 bits per heavy atom. The van der Waals surface area contributed by atoms with E-state index in [1.54, 1.807) is 18.2 Å². The second-order valence-electron chi connectivity index (χ2n) is 2.46. The molecule has 0 aromatic heterocycles. The first kappa shape index (κ1) is 11.0. The lowest BCUT2D eigenvalue weighted by Gasteiger charge is -2.11. The van der Waals surface area contributed by atoms with Crippen molar-refractivity contribution in [1.82, 2.24) is 0 Å². The first-order valence-electron chi connectivity index (χ1n) is 3.81. The summed E-state index contributed by atoms with van der Waals surface area (Å²) in [7, 11) is -4.52. The van der Waals surface area contributed by atoms with E-state index in [9.17, 15) is 4.57 Å². The number of nitrogens with one attached hydrogen (secondary N) is 1. The normalized spacial score (nSPS) is 11.1. The average Bonchev–Trinajstić information content (AvgIpc) is 2.06. The largest absolute Gasteiger partial charge is 0.524 e. The molecule has 6 nitrogen and oxygen atoms in total. The van der Waals surface area contributed by atoms with Crippen molar-refractivity contribution in [3.63, 3.8) is 0 Å². The number of para-hydroxylation sites is 2. The molecule has 0 aliphatic heterocycles. The van der Waals surface area contributed by atoms with Crippen molar-refractivity contribution in [3.8, 4) is 5.75 Å². The predicted molar refractivity (Wildman–Crippen MR) is 51.8 cm³/mol. The minimum absolute atomic E-state index is 0.0753. The quantitative estimate of drug-likeness (QED) is 0.433. The number of hydrogen-bond donors (Lipinski definition) is 4.